The summed E-state index contributed by atoms with van der Waals surface area (Å²) in [5.41, 5.74) is 1.91. The summed E-state index contributed by atoms with van der Waals surface area (Å²) in [6.07, 6.45) is 0. The van der Waals surface area contributed by atoms with Crippen molar-refractivity contribution in [2.45, 2.75) is 11.8 Å². The summed E-state index contributed by atoms with van der Waals surface area (Å²) >= 11 is 0. The number of aromatic hydroxyl groups is 1. The van der Waals surface area contributed by atoms with E-state index in [0.29, 0.717) is 5.75 Å². The Morgan fingerprint density at radius 2 is 1.48 bits per heavy atom. The monoisotopic (exact) mass is 364 g/mol. The molecular weight excluding hydrogens is 340 g/mol. The van der Waals surface area contributed by atoms with Gasteiger partial charge in [0, 0.05) is 26.2 Å². The highest BCUT2D eigenvalue weighted by Gasteiger charge is 2.16. The molecule has 2 aromatic carbocycles. The van der Waals surface area contributed by atoms with Gasteiger partial charge in [0.05, 0.1) is 10.6 Å². The van der Waals surface area contributed by atoms with Gasteiger partial charge in [0.1, 0.15) is 5.75 Å². The third-order valence-electron chi connectivity index (χ3n) is 4.04. The van der Waals surface area contributed by atoms with Gasteiger partial charge in [-0.2, -0.15) is 8.42 Å². The summed E-state index contributed by atoms with van der Waals surface area (Å²) in [4.78, 5) is 4.47. The Labute approximate surface area is 149 Å². The van der Waals surface area contributed by atoms with Crippen LogP contribution in [0.4, 0.5) is 5.69 Å². The number of rotatable bonds is 2. The standard InChI is InChI=1S/C11H16N2O.C7H8O3S/c1-12-6-8-13(9-7-12)10-4-2-3-5-11(10)14;1-6-2-4-7(5-3-6)11(8,9)10/h2-5,14H,6-9H2,1H3;2-5H,1H3,(H,8,9,10). The molecule has 1 saturated heterocycles. The summed E-state index contributed by atoms with van der Waals surface area (Å²) in [5.74, 6) is 0.386. The van der Waals surface area contributed by atoms with E-state index < -0.39 is 10.1 Å². The lowest BCUT2D eigenvalue weighted by Crippen LogP contribution is -2.44. The predicted molar refractivity (Wildman–Crippen MR) is 98.8 cm³/mol. The third-order valence-corrected chi connectivity index (χ3v) is 4.91. The van der Waals surface area contributed by atoms with Crippen molar-refractivity contribution in [1.82, 2.24) is 4.90 Å². The number of nitrogens with zero attached hydrogens (tertiary/aromatic N) is 2. The number of hydrogen-bond acceptors (Lipinski definition) is 5. The lowest BCUT2D eigenvalue weighted by molar-refractivity contribution is 0.311. The van der Waals surface area contributed by atoms with E-state index in [9.17, 15) is 13.5 Å². The maximum atomic E-state index is 10.5. The number of hydrogen-bond donors (Lipinski definition) is 2. The van der Waals surface area contributed by atoms with Gasteiger partial charge in [-0.15, -0.1) is 0 Å². The van der Waals surface area contributed by atoms with Crippen LogP contribution >= 0.6 is 0 Å². The normalized spacial score (nSPS) is 15.4. The first-order chi connectivity index (χ1) is 11.8. The maximum Gasteiger partial charge on any atom is 0.294 e. The van der Waals surface area contributed by atoms with Crippen molar-refractivity contribution >= 4 is 15.8 Å². The number of aryl methyl sites for hydroxylation is 1. The largest absolute Gasteiger partial charge is 0.506 e. The smallest absolute Gasteiger partial charge is 0.294 e. The maximum absolute atomic E-state index is 10.5. The van der Waals surface area contributed by atoms with Crippen LogP contribution in [0, 0.1) is 6.92 Å². The van der Waals surface area contributed by atoms with E-state index in [-0.39, 0.29) is 4.90 Å². The number of benzene rings is 2. The summed E-state index contributed by atoms with van der Waals surface area (Å²) in [5, 5.41) is 9.67. The highest BCUT2D eigenvalue weighted by molar-refractivity contribution is 7.85. The Bertz CT molecular complexity index is 783. The van der Waals surface area contributed by atoms with Crippen molar-refractivity contribution in [2.24, 2.45) is 0 Å². The van der Waals surface area contributed by atoms with Crippen LogP contribution in [0.5, 0.6) is 5.75 Å². The van der Waals surface area contributed by atoms with Gasteiger partial charge in [0.15, 0.2) is 0 Å². The van der Waals surface area contributed by atoms with Gasteiger partial charge >= 0.3 is 0 Å². The van der Waals surface area contributed by atoms with E-state index in [4.69, 9.17) is 4.55 Å². The Balaban J connectivity index is 0.000000186. The van der Waals surface area contributed by atoms with E-state index >= 15 is 0 Å². The molecular formula is C18H24N2O4S. The van der Waals surface area contributed by atoms with Crippen LogP contribution in [-0.4, -0.2) is 56.2 Å². The van der Waals surface area contributed by atoms with Crippen LogP contribution in [0.2, 0.25) is 0 Å². The molecule has 0 atom stereocenters. The van der Waals surface area contributed by atoms with E-state index in [1.807, 2.05) is 25.1 Å². The van der Waals surface area contributed by atoms with E-state index in [0.717, 1.165) is 37.4 Å². The molecule has 25 heavy (non-hydrogen) atoms. The van der Waals surface area contributed by atoms with E-state index in [1.165, 1.54) is 12.1 Å². The second-order valence-corrected chi connectivity index (χ2v) is 7.49. The van der Waals surface area contributed by atoms with Crippen LogP contribution in [-0.2, 0) is 10.1 Å². The average molecular weight is 364 g/mol. The topological polar surface area (TPSA) is 81.1 Å². The van der Waals surface area contributed by atoms with Crippen molar-refractivity contribution < 1.29 is 18.1 Å². The number of likely N-dealkylation sites (N-methyl/N-ethyl adjacent to an activating group) is 1. The quantitative estimate of drug-likeness (QED) is 0.797. The SMILES string of the molecule is CN1CCN(c2ccccc2O)CC1.Cc1ccc(S(=O)(=O)O)cc1. The predicted octanol–water partition coefficient (Wildman–Crippen LogP) is 2.39. The molecule has 0 amide bonds. The summed E-state index contributed by atoms with van der Waals surface area (Å²) in [6, 6.07) is 13.5. The lowest BCUT2D eigenvalue weighted by Gasteiger charge is -2.34. The van der Waals surface area contributed by atoms with Gasteiger partial charge < -0.3 is 14.9 Å². The Hall–Kier alpha value is -2.09. The van der Waals surface area contributed by atoms with Crippen molar-refractivity contribution in [3.8, 4) is 5.75 Å². The van der Waals surface area contributed by atoms with Crippen molar-refractivity contribution in [3.05, 3.63) is 54.1 Å². The third kappa shape index (κ3) is 5.74. The number of phenolic OH excluding ortho intramolecular Hbond substituents is 1. The molecule has 1 aliphatic heterocycles. The van der Waals surface area contributed by atoms with Crippen LogP contribution in [0.15, 0.2) is 53.4 Å². The molecule has 0 spiro atoms. The molecule has 6 nitrogen and oxygen atoms in total. The van der Waals surface area contributed by atoms with E-state index in [1.54, 1.807) is 18.2 Å². The molecule has 1 aliphatic rings. The molecule has 2 N–H and O–H groups in total. The van der Waals surface area contributed by atoms with Crippen LogP contribution in [0.3, 0.4) is 0 Å². The molecule has 1 fully saturated rings. The average Bonchev–Trinajstić information content (AvgIpc) is 2.56. The van der Waals surface area contributed by atoms with Gasteiger partial charge in [-0.3, -0.25) is 4.55 Å². The number of para-hydroxylation sites is 2. The van der Waals surface area contributed by atoms with Crippen molar-refractivity contribution in [2.75, 3.05) is 38.1 Å². The minimum atomic E-state index is -4.02. The second kappa shape index (κ2) is 8.33. The minimum Gasteiger partial charge on any atom is -0.506 e. The molecule has 2 aromatic rings. The summed E-state index contributed by atoms with van der Waals surface area (Å²) in [6.45, 7) is 5.96. The fraction of sp³-hybridized carbons (Fsp3) is 0.333. The van der Waals surface area contributed by atoms with Gasteiger partial charge in [0.25, 0.3) is 10.1 Å². The molecule has 3 rings (SSSR count). The molecule has 0 bridgehead atoms. The van der Waals surface area contributed by atoms with Crippen LogP contribution < -0.4 is 4.90 Å². The van der Waals surface area contributed by atoms with Crippen molar-refractivity contribution in [3.63, 3.8) is 0 Å². The number of piperazine rings is 1. The second-order valence-electron chi connectivity index (χ2n) is 6.07. The van der Waals surface area contributed by atoms with Crippen LogP contribution in [0.25, 0.3) is 0 Å². The van der Waals surface area contributed by atoms with Gasteiger partial charge in [-0.25, -0.2) is 0 Å². The lowest BCUT2D eigenvalue weighted by atomic mass is 10.2. The zero-order valence-corrected chi connectivity index (χ0v) is 15.3. The Kier molecular flexibility index (Phi) is 6.41. The van der Waals surface area contributed by atoms with Crippen LogP contribution in [0.1, 0.15) is 5.56 Å². The van der Waals surface area contributed by atoms with Gasteiger partial charge in [-0.1, -0.05) is 29.8 Å². The van der Waals surface area contributed by atoms with Gasteiger partial charge in [-0.05, 0) is 38.2 Å². The zero-order valence-electron chi connectivity index (χ0n) is 14.5. The first-order valence-electron chi connectivity index (χ1n) is 8.03. The fourth-order valence-corrected chi connectivity index (χ4v) is 2.97. The van der Waals surface area contributed by atoms with Crippen molar-refractivity contribution in [1.29, 1.82) is 0 Å². The molecule has 1 heterocycles. The number of anilines is 1. The summed E-state index contributed by atoms with van der Waals surface area (Å²) < 4.78 is 29.6. The highest BCUT2D eigenvalue weighted by atomic mass is 32.2. The first kappa shape index (κ1) is 19.2. The minimum absolute atomic E-state index is 0.0666. The van der Waals surface area contributed by atoms with Gasteiger partial charge in [0.2, 0.25) is 0 Å². The zero-order chi connectivity index (χ0) is 18.4. The number of phenols is 1. The molecule has 0 saturated carbocycles. The van der Waals surface area contributed by atoms with E-state index in [2.05, 4.69) is 16.8 Å². The molecule has 0 aromatic heterocycles. The molecule has 136 valence electrons. The molecule has 0 aliphatic carbocycles. The molecule has 7 heteroatoms. The summed E-state index contributed by atoms with van der Waals surface area (Å²) in [7, 11) is -1.89. The molecule has 0 radical (unpaired) electrons. The Morgan fingerprint density at radius 1 is 0.920 bits per heavy atom. The Morgan fingerprint density at radius 3 is 2.00 bits per heavy atom. The highest BCUT2D eigenvalue weighted by Crippen LogP contribution is 2.26. The molecule has 0 unspecified atom stereocenters. The fourth-order valence-electron chi connectivity index (χ4n) is 2.49. The first-order valence-corrected chi connectivity index (χ1v) is 9.47.